The Morgan fingerprint density at radius 1 is 0.286 bits per heavy atom. The van der Waals surface area contributed by atoms with Crippen LogP contribution in [0.5, 0.6) is 0 Å². The van der Waals surface area contributed by atoms with E-state index in [1.165, 1.54) is 123 Å². The van der Waals surface area contributed by atoms with E-state index < -0.39 is 0 Å². The second-order valence-corrected chi connectivity index (χ2v) is 29.4. The van der Waals surface area contributed by atoms with Crippen LogP contribution in [0.4, 0.5) is 34.1 Å². The highest BCUT2D eigenvalue weighted by molar-refractivity contribution is 7.00. The average Bonchev–Trinajstić information content (AvgIpc) is 1.31. The minimum atomic E-state index is -0.126. The van der Waals surface area contributed by atoms with E-state index in [2.05, 4.69) is 332 Å². The van der Waals surface area contributed by atoms with Gasteiger partial charge in [0, 0.05) is 34.0 Å². The molecule has 420 valence electrons. The number of hydrogen-bond acceptors (Lipinski definition) is 2. The first kappa shape index (κ1) is 56.4. The number of anilines is 6. The van der Waals surface area contributed by atoms with Crippen LogP contribution >= 0.6 is 0 Å². The SMILES string of the molecule is CC(C)(C)Cc1ccccc1-c1ccc2c(c1)B1c3cc(-c4ccccc4)ccc3N(c3ccccc3-c3cc(C(C)(C)C)cc(C(C)(C)C)c3)c3cc(-c4cc(C(C)(C)C)cc(C(C)(C)C)c4)cc(c31)N2c1ccc(-c2ccccc2)cc1. The van der Waals surface area contributed by atoms with Crippen LogP contribution < -0.4 is 26.2 Å². The van der Waals surface area contributed by atoms with Gasteiger partial charge in [0.25, 0.3) is 6.71 Å². The highest BCUT2D eigenvalue weighted by Gasteiger charge is 2.45. The highest BCUT2D eigenvalue weighted by atomic mass is 15.2. The Labute approximate surface area is 503 Å². The molecule has 2 heterocycles. The van der Waals surface area contributed by atoms with Crippen molar-refractivity contribution in [1.82, 2.24) is 0 Å². The number of para-hydroxylation sites is 1. The van der Waals surface area contributed by atoms with Gasteiger partial charge in [0.15, 0.2) is 0 Å². The molecule has 0 aliphatic carbocycles. The van der Waals surface area contributed by atoms with Crippen LogP contribution in [-0.2, 0) is 28.1 Å². The lowest BCUT2D eigenvalue weighted by Gasteiger charge is -2.45. The molecule has 0 atom stereocenters. The molecular formula is C81H83BN2. The van der Waals surface area contributed by atoms with Gasteiger partial charge in [-0.25, -0.2) is 0 Å². The molecular weight excluding hydrogens is 1010 g/mol. The van der Waals surface area contributed by atoms with Gasteiger partial charge in [-0.15, -0.1) is 0 Å². The number of rotatable bonds is 8. The molecule has 10 aromatic carbocycles. The van der Waals surface area contributed by atoms with Gasteiger partial charge in [-0.3, -0.25) is 0 Å². The minimum Gasteiger partial charge on any atom is -0.311 e. The fourth-order valence-corrected chi connectivity index (χ4v) is 12.9. The molecule has 0 N–H and O–H groups in total. The zero-order chi connectivity index (χ0) is 59.3. The van der Waals surface area contributed by atoms with Crippen LogP contribution in [0.3, 0.4) is 0 Å². The Morgan fingerprint density at radius 3 is 1.23 bits per heavy atom. The monoisotopic (exact) mass is 1090 g/mol. The van der Waals surface area contributed by atoms with Crippen LogP contribution in [-0.4, -0.2) is 6.71 Å². The molecule has 2 aliphatic heterocycles. The Hall–Kier alpha value is -8.14. The van der Waals surface area contributed by atoms with Crippen molar-refractivity contribution >= 4 is 57.2 Å². The summed E-state index contributed by atoms with van der Waals surface area (Å²) in [5.74, 6) is 0. The van der Waals surface area contributed by atoms with E-state index in [-0.39, 0.29) is 33.8 Å². The van der Waals surface area contributed by atoms with Gasteiger partial charge in [-0.05, 0) is 170 Å². The Kier molecular flexibility index (Phi) is 14.0. The largest absolute Gasteiger partial charge is 0.311 e. The third-order valence-corrected chi connectivity index (χ3v) is 17.6. The Balaban J connectivity index is 1.22. The molecule has 0 spiro atoms. The third-order valence-electron chi connectivity index (χ3n) is 17.6. The van der Waals surface area contributed by atoms with Crippen molar-refractivity contribution in [3.63, 3.8) is 0 Å². The van der Waals surface area contributed by atoms with E-state index in [9.17, 15) is 0 Å². The van der Waals surface area contributed by atoms with Gasteiger partial charge in [-0.2, -0.15) is 0 Å². The number of nitrogens with zero attached hydrogens (tertiary/aromatic N) is 2. The summed E-state index contributed by atoms with van der Waals surface area (Å²) in [7, 11) is 0. The summed E-state index contributed by atoms with van der Waals surface area (Å²) in [5.41, 5.74) is 29.7. The van der Waals surface area contributed by atoms with Crippen molar-refractivity contribution in [3.05, 3.63) is 246 Å². The molecule has 0 fully saturated rings. The molecule has 0 unspecified atom stereocenters. The van der Waals surface area contributed by atoms with Crippen LogP contribution in [0.2, 0.25) is 0 Å². The number of hydrogen-bond donors (Lipinski definition) is 0. The average molecular weight is 1100 g/mol. The van der Waals surface area contributed by atoms with Crippen molar-refractivity contribution in [2.75, 3.05) is 9.80 Å². The molecule has 2 nitrogen and oxygen atoms in total. The maximum atomic E-state index is 2.65. The minimum absolute atomic E-state index is 0.0626. The van der Waals surface area contributed by atoms with E-state index in [4.69, 9.17) is 0 Å². The second-order valence-electron chi connectivity index (χ2n) is 29.4. The molecule has 2 aliphatic rings. The molecule has 0 bridgehead atoms. The summed E-state index contributed by atoms with van der Waals surface area (Å²) >= 11 is 0. The first-order valence-electron chi connectivity index (χ1n) is 30.6. The molecule has 12 rings (SSSR count). The first-order chi connectivity index (χ1) is 39.8. The van der Waals surface area contributed by atoms with Crippen LogP contribution in [0, 0.1) is 5.41 Å². The van der Waals surface area contributed by atoms with Gasteiger partial charge in [0.05, 0.1) is 5.69 Å². The molecule has 3 heteroatoms. The van der Waals surface area contributed by atoms with Gasteiger partial charge in [0.2, 0.25) is 0 Å². The van der Waals surface area contributed by atoms with Crippen molar-refractivity contribution in [2.45, 2.75) is 132 Å². The molecule has 0 aromatic heterocycles. The quantitative estimate of drug-likeness (QED) is 0.140. The summed E-state index contributed by atoms with van der Waals surface area (Å²) in [4.78, 5) is 5.26. The van der Waals surface area contributed by atoms with Crippen molar-refractivity contribution in [1.29, 1.82) is 0 Å². The van der Waals surface area contributed by atoms with Crippen LogP contribution in [0.25, 0.3) is 55.6 Å². The van der Waals surface area contributed by atoms with Gasteiger partial charge in [-0.1, -0.05) is 280 Å². The number of fused-ring (bicyclic) bond motifs is 4. The normalized spacial score (nSPS) is 13.4. The lowest BCUT2D eigenvalue weighted by molar-refractivity contribution is 0.412. The summed E-state index contributed by atoms with van der Waals surface area (Å²) < 4.78 is 0. The van der Waals surface area contributed by atoms with Crippen LogP contribution in [0.15, 0.2) is 218 Å². The molecule has 0 saturated heterocycles. The summed E-state index contributed by atoms with van der Waals surface area (Å²) in [6, 6.07) is 84.0. The van der Waals surface area contributed by atoms with E-state index >= 15 is 0 Å². The fourth-order valence-electron chi connectivity index (χ4n) is 12.9. The molecule has 0 radical (unpaired) electrons. The van der Waals surface area contributed by atoms with Gasteiger partial charge in [0.1, 0.15) is 0 Å². The predicted molar refractivity (Wildman–Crippen MR) is 366 cm³/mol. The van der Waals surface area contributed by atoms with Crippen LogP contribution in [0.1, 0.15) is 132 Å². The molecule has 0 amide bonds. The maximum absolute atomic E-state index is 2.65. The molecule has 10 aromatic rings. The number of benzene rings is 10. The zero-order valence-corrected chi connectivity index (χ0v) is 52.5. The Bertz CT molecular complexity index is 4050. The summed E-state index contributed by atoms with van der Waals surface area (Å²) in [5, 5.41) is 0. The van der Waals surface area contributed by atoms with E-state index in [0.717, 1.165) is 17.8 Å². The molecule has 84 heavy (non-hydrogen) atoms. The lowest BCUT2D eigenvalue weighted by atomic mass is 9.33. The lowest BCUT2D eigenvalue weighted by Crippen LogP contribution is -2.61. The van der Waals surface area contributed by atoms with Crippen molar-refractivity contribution in [3.8, 4) is 55.6 Å². The summed E-state index contributed by atoms with van der Waals surface area (Å²) in [6.07, 6.45) is 0.972. The van der Waals surface area contributed by atoms with E-state index in [0.29, 0.717) is 0 Å². The predicted octanol–water partition coefficient (Wildman–Crippen LogP) is 20.9. The second kappa shape index (κ2) is 20.9. The topological polar surface area (TPSA) is 6.48 Å². The third kappa shape index (κ3) is 10.8. The van der Waals surface area contributed by atoms with Gasteiger partial charge < -0.3 is 9.80 Å². The summed E-state index contributed by atoms with van der Waals surface area (Å²) in [6.45, 7) is 35.1. The molecule has 0 saturated carbocycles. The van der Waals surface area contributed by atoms with Gasteiger partial charge >= 0.3 is 0 Å². The van der Waals surface area contributed by atoms with Crippen molar-refractivity contribution < 1.29 is 0 Å². The standard InChI is InChI=1S/C81H83BN2/c1-77(2,3)52-58-30-22-23-31-67(58)57-37-41-72-70(47-57)82-69-46-56(54-28-20-17-21-29-54)36-40-73(69)84(71-33-25-24-32-68(71)61-44-64(80(10,11)12)51-65(45-61)81(13,14)15)75-49-60(59-42-62(78(4,5)6)50-63(43-59)79(7,8)9)48-74(76(75)82)83(72)66-38-34-55(35-39-66)53-26-18-16-19-27-53/h16-51H,52H2,1-15H3. The first-order valence-corrected chi connectivity index (χ1v) is 30.6. The zero-order valence-electron chi connectivity index (χ0n) is 52.5. The van der Waals surface area contributed by atoms with E-state index in [1.807, 2.05) is 0 Å². The Morgan fingerprint density at radius 2 is 0.690 bits per heavy atom. The smallest absolute Gasteiger partial charge is 0.252 e. The van der Waals surface area contributed by atoms with Crippen molar-refractivity contribution in [2.24, 2.45) is 5.41 Å². The maximum Gasteiger partial charge on any atom is 0.252 e. The highest BCUT2D eigenvalue weighted by Crippen LogP contribution is 2.50. The fraction of sp³-hybridized carbons (Fsp3) is 0.259. The van der Waals surface area contributed by atoms with E-state index in [1.54, 1.807) is 0 Å².